The minimum absolute atomic E-state index is 0.332. The van der Waals surface area contributed by atoms with Crippen molar-refractivity contribution in [1.29, 1.82) is 0 Å². The zero-order valence-electron chi connectivity index (χ0n) is 21.2. The van der Waals surface area contributed by atoms with Crippen molar-refractivity contribution in [3.05, 3.63) is 166 Å². The van der Waals surface area contributed by atoms with E-state index < -0.39 is 23.8 Å². The second-order valence-corrected chi connectivity index (χ2v) is 9.50. The second-order valence-electron chi connectivity index (χ2n) is 9.50. The van der Waals surface area contributed by atoms with Crippen LogP contribution < -0.4 is 0 Å². The number of carbonyl (C=O) groups is 2. The highest BCUT2D eigenvalue weighted by Crippen LogP contribution is 2.43. The molecule has 0 fully saturated rings. The maximum Gasteiger partial charge on any atom is 0.372 e. The molecule has 0 aliphatic rings. The van der Waals surface area contributed by atoms with Crippen LogP contribution in [0.3, 0.4) is 0 Å². The topological polar surface area (TPSA) is 87.7 Å². The second kappa shape index (κ2) is 11.7. The lowest BCUT2D eigenvalue weighted by atomic mass is 9.77. The van der Waals surface area contributed by atoms with Gasteiger partial charge < -0.3 is 14.6 Å². The van der Waals surface area contributed by atoms with Crippen molar-refractivity contribution < 1.29 is 24.2 Å². The van der Waals surface area contributed by atoms with Gasteiger partial charge in [0.25, 0.3) is 0 Å². The molecule has 4 aromatic carbocycles. The molecule has 5 aromatic rings. The van der Waals surface area contributed by atoms with Crippen LogP contribution in [0, 0.1) is 0 Å². The first-order valence-electron chi connectivity index (χ1n) is 12.8. The molecule has 2 atom stereocenters. The number of hydrogen-bond donors (Lipinski definition) is 2. The van der Waals surface area contributed by atoms with E-state index in [1.807, 2.05) is 121 Å². The van der Waals surface area contributed by atoms with Gasteiger partial charge in [0, 0.05) is 23.0 Å². The summed E-state index contributed by atoms with van der Waals surface area (Å²) in [6, 6.07) is 38.8. The quantitative estimate of drug-likeness (QED) is 0.202. The largest absolute Gasteiger partial charge is 0.475 e. The Morgan fingerprint density at radius 2 is 0.821 bits per heavy atom. The Kier molecular flexibility index (Phi) is 7.69. The fourth-order valence-electron chi connectivity index (χ4n) is 5.31. The van der Waals surface area contributed by atoms with Crippen LogP contribution in [0.25, 0.3) is 0 Å². The van der Waals surface area contributed by atoms with Gasteiger partial charge in [-0.05, 0) is 35.1 Å². The average molecular weight is 517 g/mol. The molecule has 0 aliphatic heterocycles. The monoisotopic (exact) mass is 516 g/mol. The maximum absolute atomic E-state index is 12.6. The maximum atomic E-state index is 12.6. The van der Waals surface area contributed by atoms with Gasteiger partial charge in [0.1, 0.15) is 0 Å². The molecule has 5 heteroatoms. The van der Waals surface area contributed by atoms with Gasteiger partial charge in [-0.15, -0.1) is 0 Å². The Labute approximate surface area is 227 Å². The molecule has 0 saturated heterocycles. The molecule has 0 spiro atoms. The summed E-state index contributed by atoms with van der Waals surface area (Å²) in [5, 5.41) is 20.6. The van der Waals surface area contributed by atoms with E-state index >= 15 is 0 Å². The van der Waals surface area contributed by atoms with E-state index in [4.69, 9.17) is 4.42 Å². The summed E-state index contributed by atoms with van der Waals surface area (Å²) in [6.07, 6.45) is 0.952. The lowest BCUT2D eigenvalue weighted by Gasteiger charge is -2.24. The van der Waals surface area contributed by atoms with Crippen molar-refractivity contribution in [3.63, 3.8) is 0 Å². The van der Waals surface area contributed by atoms with Crippen LogP contribution in [0.5, 0.6) is 0 Å². The Hall–Kier alpha value is -4.90. The van der Waals surface area contributed by atoms with Crippen LogP contribution in [-0.2, 0) is 12.8 Å². The van der Waals surface area contributed by atoms with E-state index in [2.05, 4.69) is 0 Å². The lowest BCUT2D eigenvalue weighted by molar-refractivity contribution is 0.0629. The Bertz CT molecular complexity index is 1420. The first kappa shape index (κ1) is 25.7. The van der Waals surface area contributed by atoms with Gasteiger partial charge in [0.05, 0.1) is 0 Å². The van der Waals surface area contributed by atoms with Crippen LogP contribution in [0.15, 0.2) is 126 Å². The summed E-state index contributed by atoms with van der Waals surface area (Å²) in [6.45, 7) is 0. The molecular formula is C34H28O5. The summed E-state index contributed by atoms with van der Waals surface area (Å²) in [7, 11) is 0. The minimum atomic E-state index is -1.29. The summed E-state index contributed by atoms with van der Waals surface area (Å²) in [5.74, 6) is -4.15. The fourth-order valence-corrected chi connectivity index (χ4v) is 5.31. The highest BCUT2D eigenvalue weighted by atomic mass is 16.4. The molecule has 2 N–H and O–H groups in total. The van der Waals surface area contributed by atoms with Crippen LogP contribution in [-0.4, -0.2) is 22.2 Å². The number of benzene rings is 4. The summed E-state index contributed by atoms with van der Waals surface area (Å²) >= 11 is 0. The molecule has 0 saturated carbocycles. The molecule has 0 radical (unpaired) electrons. The molecule has 0 bridgehead atoms. The first-order chi connectivity index (χ1) is 19.0. The third-order valence-electron chi connectivity index (χ3n) is 7.04. The first-order valence-corrected chi connectivity index (χ1v) is 12.8. The van der Waals surface area contributed by atoms with Crippen molar-refractivity contribution in [2.45, 2.75) is 24.7 Å². The molecule has 194 valence electrons. The smallest absolute Gasteiger partial charge is 0.372 e. The van der Waals surface area contributed by atoms with E-state index in [-0.39, 0.29) is 11.5 Å². The zero-order valence-corrected chi connectivity index (χ0v) is 21.2. The Morgan fingerprint density at radius 1 is 0.513 bits per heavy atom. The van der Waals surface area contributed by atoms with Crippen molar-refractivity contribution in [2.75, 3.05) is 0 Å². The van der Waals surface area contributed by atoms with Crippen molar-refractivity contribution in [2.24, 2.45) is 0 Å². The molecule has 2 unspecified atom stereocenters. The van der Waals surface area contributed by atoms with E-state index in [0.717, 1.165) is 22.3 Å². The van der Waals surface area contributed by atoms with Gasteiger partial charge in [0.15, 0.2) is 0 Å². The number of hydrogen-bond acceptors (Lipinski definition) is 3. The van der Waals surface area contributed by atoms with Crippen LogP contribution in [0.1, 0.15) is 66.3 Å². The summed E-state index contributed by atoms with van der Waals surface area (Å²) in [5.41, 5.74) is 4.58. The van der Waals surface area contributed by atoms with E-state index in [1.54, 1.807) is 0 Å². The Morgan fingerprint density at radius 3 is 1.13 bits per heavy atom. The standard InChI is InChI=1S/C34H28O5/c35-33(36)31-29(27(25-17-9-3-10-18-25)21-23-13-5-1-6-14-23)30(32(39-31)34(37)38)28(26-19-11-4-12-20-26)22-24-15-7-2-8-16-24/h1-20,27-28H,21-22H2,(H,35,36)(H,37,38). The van der Waals surface area contributed by atoms with Crippen LogP contribution in [0.4, 0.5) is 0 Å². The molecule has 39 heavy (non-hydrogen) atoms. The van der Waals surface area contributed by atoms with Crippen LogP contribution >= 0.6 is 0 Å². The van der Waals surface area contributed by atoms with E-state index in [1.165, 1.54) is 0 Å². The van der Waals surface area contributed by atoms with Gasteiger partial charge >= 0.3 is 11.9 Å². The highest BCUT2D eigenvalue weighted by molar-refractivity contribution is 5.93. The number of carboxylic acid groups (broad SMARTS) is 2. The SMILES string of the molecule is O=C(O)c1oc(C(=O)O)c(C(Cc2ccccc2)c2ccccc2)c1C(Cc1ccccc1)c1ccccc1. The molecule has 1 aromatic heterocycles. The molecule has 5 nitrogen and oxygen atoms in total. The predicted octanol–water partition coefficient (Wildman–Crippen LogP) is 7.43. The summed E-state index contributed by atoms with van der Waals surface area (Å²) in [4.78, 5) is 25.3. The van der Waals surface area contributed by atoms with Gasteiger partial charge in [0.2, 0.25) is 11.5 Å². The molecule has 0 aliphatic carbocycles. The van der Waals surface area contributed by atoms with E-state index in [9.17, 15) is 19.8 Å². The minimum Gasteiger partial charge on any atom is -0.475 e. The number of furan rings is 1. The van der Waals surface area contributed by atoms with Gasteiger partial charge in [-0.25, -0.2) is 9.59 Å². The fraction of sp³-hybridized carbons (Fsp3) is 0.118. The zero-order chi connectivity index (χ0) is 27.2. The van der Waals surface area contributed by atoms with Crippen molar-refractivity contribution in [3.8, 4) is 0 Å². The predicted molar refractivity (Wildman–Crippen MR) is 149 cm³/mol. The lowest BCUT2D eigenvalue weighted by Crippen LogP contribution is -2.16. The summed E-state index contributed by atoms with van der Waals surface area (Å²) < 4.78 is 5.75. The normalized spacial score (nSPS) is 12.5. The third kappa shape index (κ3) is 5.68. The number of aromatic carboxylic acids is 2. The number of rotatable bonds is 10. The van der Waals surface area contributed by atoms with Crippen LogP contribution in [0.2, 0.25) is 0 Å². The van der Waals surface area contributed by atoms with Gasteiger partial charge in [-0.1, -0.05) is 121 Å². The molecule has 5 rings (SSSR count). The Balaban J connectivity index is 1.80. The average Bonchev–Trinajstić information content (AvgIpc) is 3.37. The molecule has 1 heterocycles. The highest BCUT2D eigenvalue weighted by Gasteiger charge is 2.37. The van der Waals surface area contributed by atoms with Crippen molar-refractivity contribution >= 4 is 11.9 Å². The molecule has 0 amide bonds. The van der Waals surface area contributed by atoms with Gasteiger partial charge in [-0.2, -0.15) is 0 Å². The molecular weight excluding hydrogens is 488 g/mol. The third-order valence-corrected chi connectivity index (χ3v) is 7.04. The number of carboxylic acids is 2. The van der Waals surface area contributed by atoms with Gasteiger partial charge in [-0.3, -0.25) is 0 Å². The van der Waals surface area contributed by atoms with Crippen molar-refractivity contribution in [1.82, 2.24) is 0 Å². The van der Waals surface area contributed by atoms with E-state index in [0.29, 0.717) is 24.0 Å².